The van der Waals surface area contributed by atoms with Crippen molar-refractivity contribution in [2.24, 2.45) is 5.73 Å². The number of carbonyl (C=O) groups excluding carboxylic acids is 1. The highest BCUT2D eigenvalue weighted by molar-refractivity contribution is 5.94. The first kappa shape index (κ1) is 15.0. The number of likely N-dealkylation sites (tertiary alicyclic amines) is 1. The number of para-hydroxylation sites is 1. The largest absolute Gasteiger partial charge is 0.326 e. The van der Waals surface area contributed by atoms with Crippen molar-refractivity contribution in [1.82, 2.24) is 4.90 Å². The number of likely N-dealkylation sites (N-methyl/N-ethyl adjacent to an activating group) is 1. The summed E-state index contributed by atoms with van der Waals surface area (Å²) in [6.07, 6.45) is 0.988. The van der Waals surface area contributed by atoms with Gasteiger partial charge in [0.2, 0.25) is 5.91 Å². The summed E-state index contributed by atoms with van der Waals surface area (Å²) in [6.45, 7) is 2.21. The second-order valence-electron chi connectivity index (χ2n) is 4.57. The molecule has 0 radical (unpaired) electrons. The van der Waals surface area contributed by atoms with Crippen molar-refractivity contribution in [2.45, 2.75) is 12.5 Å². The van der Waals surface area contributed by atoms with E-state index in [4.69, 9.17) is 5.73 Å². The molecule has 4 nitrogen and oxygen atoms in total. The fourth-order valence-electron chi connectivity index (χ4n) is 2.10. The molecule has 0 aliphatic carbocycles. The van der Waals surface area contributed by atoms with Gasteiger partial charge in [-0.2, -0.15) is 0 Å². The van der Waals surface area contributed by atoms with Crippen LogP contribution in [0, 0.1) is 0 Å². The van der Waals surface area contributed by atoms with Gasteiger partial charge in [0, 0.05) is 31.9 Å². The van der Waals surface area contributed by atoms with Gasteiger partial charge in [-0.3, -0.25) is 9.69 Å². The number of amides is 1. The minimum atomic E-state index is 0. The van der Waals surface area contributed by atoms with Crippen LogP contribution in [0.15, 0.2) is 30.3 Å². The number of rotatable bonds is 3. The molecular formula is C13H20ClN3O. The zero-order valence-corrected chi connectivity index (χ0v) is 11.4. The molecule has 0 unspecified atom stereocenters. The van der Waals surface area contributed by atoms with Crippen LogP contribution in [0.4, 0.5) is 5.69 Å². The molecule has 1 saturated heterocycles. The first-order chi connectivity index (χ1) is 8.16. The first-order valence-electron chi connectivity index (χ1n) is 5.96. The maximum absolute atomic E-state index is 12.0. The van der Waals surface area contributed by atoms with E-state index in [2.05, 4.69) is 4.90 Å². The van der Waals surface area contributed by atoms with E-state index in [0.29, 0.717) is 6.54 Å². The van der Waals surface area contributed by atoms with E-state index in [9.17, 15) is 4.79 Å². The van der Waals surface area contributed by atoms with Crippen LogP contribution in [0.1, 0.15) is 6.42 Å². The molecular weight excluding hydrogens is 250 g/mol. The molecule has 2 rings (SSSR count). The van der Waals surface area contributed by atoms with Crippen LogP contribution in [0.2, 0.25) is 0 Å². The van der Waals surface area contributed by atoms with E-state index in [-0.39, 0.29) is 24.4 Å². The highest BCUT2D eigenvalue weighted by atomic mass is 35.5. The molecule has 1 amide bonds. The second-order valence-corrected chi connectivity index (χ2v) is 4.57. The Labute approximate surface area is 114 Å². The number of hydrogen-bond acceptors (Lipinski definition) is 3. The summed E-state index contributed by atoms with van der Waals surface area (Å²) in [4.78, 5) is 15.9. The smallest absolute Gasteiger partial charge is 0.240 e. The molecule has 1 aliphatic rings. The maximum atomic E-state index is 12.0. The van der Waals surface area contributed by atoms with Gasteiger partial charge in [0.05, 0.1) is 6.54 Å². The number of anilines is 1. The van der Waals surface area contributed by atoms with Crippen LogP contribution in [-0.2, 0) is 4.79 Å². The molecule has 100 valence electrons. The molecule has 1 fully saturated rings. The van der Waals surface area contributed by atoms with Gasteiger partial charge in [0.15, 0.2) is 0 Å². The fourth-order valence-corrected chi connectivity index (χ4v) is 2.10. The summed E-state index contributed by atoms with van der Waals surface area (Å²) in [5.74, 6) is 0.116. The fraction of sp³-hybridized carbons (Fsp3) is 0.462. The monoisotopic (exact) mass is 269 g/mol. The van der Waals surface area contributed by atoms with Crippen LogP contribution in [0.5, 0.6) is 0 Å². The Balaban J connectivity index is 0.00000162. The van der Waals surface area contributed by atoms with Crippen LogP contribution in [0.3, 0.4) is 0 Å². The summed E-state index contributed by atoms with van der Waals surface area (Å²) < 4.78 is 0. The van der Waals surface area contributed by atoms with Crippen LogP contribution in [-0.4, -0.2) is 43.5 Å². The van der Waals surface area contributed by atoms with Crippen molar-refractivity contribution in [3.8, 4) is 0 Å². The summed E-state index contributed by atoms with van der Waals surface area (Å²) in [5.41, 5.74) is 6.75. The van der Waals surface area contributed by atoms with E-state index in [1.807, 2.05) is 37.4 Å². The summed E-state index contributed by atoms with van der Waals surface area (Å²) in [6, 6.07) is 9.92. The van der Waals surface area contributed by atoms with Crippen molar-refractivity contribution in [2.75, 3.05) is 31.6 Å². The van der Waals surface area contributed by atoms with Gasteiger partial charge in [0.1, 0.15) is 0 Å². The molecule has 2 N–H and O–H groups in total. The SMILES string of the molecule is CN(C(=O)CN1CC[C@H](N)C1)c1ccccc1.Cl. The zero-order chi connectivity index (χ0) is 12.3. The van der Waals surface area contributed by atoms with Crippen molar-refractivity contribution >= 4 is 24.0 Å². The number of benzene rings is 1. The number of hydrogen-bond donors (Lipinski definition) is 1. The highest BCUT2D eigenvalue weighted by Crippen LogP contribution is 2.13. The molecule has 1 aromatic rings. The molecule has 1 aliphatic heterocycles. The number of halogens is 1. The predicted octanol–water partition coefficient (Wildman–Crippen LogP) is 1.10. The minimum Gasteiger partial charge on any atom is -0.326 e. The quantitative estimate of drug-likeness (QED) is 0.894. The molecule has 18 heavy (non-hydrogen) atoms. The Hall–Kier alpha value is -1.10. The van der Waals surface area contributed by atoms with Gasteiger partial charge in [-0.05, 0) is 18.6 Å². The first-order valence-corrected chi connectivity index (χ1v) is 5.96. The Morgan fingerprint density at radius 2 is 2.11 bits per heavy atom. The molecule has 1 aromatic carbocycles. The van der Waals surface area contributed by atoms with E-state index < -0.39 is 0 Å². The van der Waals surface area contributed by atoms with Crippen LogP contribution >= 0.6 is 12.4 Å². The van der Waals surface area contributed by atoms with Crippen LogP contribution in [0.25, 0.3) is 0 Å². The van der Waals surface area contributed by atoms with Crippen molar-refractivity contribution in [1.29, 1.82) is 0 Å². The Kier molecular flexibility index (Phi) is 5.59. The van der Waals surface area contributed by atoms with Gasteiger partial charge in [-0.15, -0.1) is 12.4 Å². The van der Waals surface area contributed by atoms with Crippen molar-refractivity contribution < 1.29 is 4.79 Å². The van der Waals surface area contributed by atoms with Crippen molar-refractivity contribution in [3.05, 3.63) is 30.3 Å². The lowest BCUT2D eigenvalue weighted by molar-refractivity contribution is -0.119. The Morgan fingerprint density at radius 1 is 1.44 bits per heavy atom. The van der Waals surface area contributed by atoms with E-state index in [0.717, 1.165) is 25.2 Å². The van der Waals surface area contributed by atoms with Gasteiger partial charge in [0.25, 0.3) is 0 Å². The Morgan fingerprint density at radius 3 is 2.67 bits per heavy atom. The van der Waals surface area contributed by atoms with Gasteiger partial charge in [-0.1, -0.05) is 18.2 Å². The Bertz CT molecular complexity index is 385. The summed E-state index contributed by atoms with van der Waals surface area (Å²) in [7, 11) is 1.81. The standard InChI is InChI=1S/C13H19N3O.ClH/c1-15(12-5-3-2-4-6-12)13(17)10-16-8-7-11(14)9-16;/h2-6,11H,7-10,14H2,1H3;1H/t11-;/m0./s1. The number of nitrogens with zero attached hydrogens (tertiary/aromatic N) is 2. The summed E-state index contributed by atoms with van der Waals surface area (Å²) >= 11 is 0. The molecule has 5 heteroatoms. The average molecular weight is 270 g/mol. The van der Waals surface area contributed by atoms with Gasteiger partial charge in [-0.25, -0.2) is 0 Å². The van der Waals surface area contributed by atoms with Crippen molar-refractivity contribution in [3.63, 3.8) is 0 Å². The lowest BCUT2D eigenvalue weighted by atomic mass is 10.3. The normalized spacial score (nSPS) is 19.3. The van der Waals surface area contributed by atoms with E-state index in [1.165, 1.54) is 0 Å². The molecule has 0 aromatic heterocycles. The summed E-state index contributed by atoms with van der Waals surface area (Å²) in [5, 5.41) is 0. The second kappa shape index (κ2) is 6.73. The molecule has 0 spiro atoms. The number of carbonyl (C=O) groups is 1. The molecule has 0 saturated carbocycles. The lowest BCUT2D eigenvalue weighted by Crippen LogP contribution is -2.38. The predicted molar refractivity (Wildman–Crippen MR) is 76.1 cm³/mol. The third-order valence-electron chi connectivity index (χ3n) is 3.19. The molecule has 1 heterocycles. The topological polar surface area (TPSA) is 49.6 Å². The molecule has 1 atom stereocenters. The van der Waals surface area contributed by atoms with Gasteiger partial charge < -0.3 is 10.6 Å². The lowest BCUT2D eigenvalue weighted by Gasteiger charge is -2.21. The number of nitrogens with two attached hydrogens (primary N) is 1. The van der Waals surface area contributed by atoms with E-state index in [1.54, 1.807) is 4.90 Å². The third kappa shape index (κ3) is 3.70. The van der Waals surface area contributed by atoms with E-state index >= 15 is 0 Å². The highest BCUT2D eigenvalue weighted by Gasteiger charge is 2.22. The van der Waals surface area contributed by atoms with Gasteiger partial charge >= 0.3 is 0 Å². The van der Waals surface area contributed by atoms with Crippen LogP contribution < -0.4 is 10.6 Å². The maximum Gasteiger partial charge on any atom is 0.240 e. The minimum absolute atomic E-state index is 0. The zero-order valence-electron chi connectivity index (χ0n) is 10.6. The molecule has 0 bridgehead atoms. The average Bonchev–Trinajstić information content (AvgIpc) is 2.75. The third-order valence-corrected chi connectivity index (χ3v) is 3.19.